The molecule has 2 aromatic rings. The highest BCUT2D eigenvalue weighted by atomic mass is 32.2. The highest BCUT2D eigenvalue weighted by Crippen LogP contribution is 2.19. The first-order chi connectivity index (χ1) is 10.3. The van der Waals surface area contributed by atoms with Crippen molar-refractivity contribution in [1.29, 1.82) is 0 Å². The van der Waals surface area contributed by atoms with Crippen LogP contribution in [0.3, 0.4) is 0 Å². The van der Waals surface area contributed by atoms with E-state index in [9.17, 15) is 10.2 Å². The Morgan fingerprint density at radius 3 is 2.38 bits per heavy atom. The minimum absolute atomic E-state index is 0.224. The van der Waals surface area contributed by atoms with Crippen LogP contribution in [-0.4, -0.2) is 29.1 Å². The highest BCUT2D eigenvalue weighted by molar-refractivity contribution is 7.99. The highest BCUT2D eigenvalue weighted by Gasteiger charge is 2.06. The van der Waals surface area contributed by atoms with Gasteiger partial charge in [0.2, 0.25) is 0 Å². The molecule has 1 unspecified atom stereocenters. The Morgan fingerprint density at radius 2 is 1.67 bits per heavy atom. The lowest BCUT2D eigenvalue weighted by Gasteiger charge is -2.11. The molecule has 0 bridgehead atoms. The van der Waals surface area contributed by atoms with E-state index in [4.69, 9.17) is 0 Å². The molecule has 2 aromatic carbocycles. The first-order valence-electron chi connectivity index (χ1n) is 7.11. The van der Waals surface area contributed by atoms with Crippen LogP contribution >= 0.6 is 11.8 Å². The SMILES string of the molecule is Oc1ccc(C(O)CCNCCSc2ccccc2)cc1. The van der Waals surface area contributed by atoms with Crippen LogP contribution in [0, 0.1) is 0 Å². The number of aliphatic hydroxyl groups is 1. The number of aliphatic hydroxyl groups excluding tert-OH is 1. The summed E-state index contributed by atoms with van der Waals surface area (Å²) >= 11 is 1.82. The molecule has 21 heavy (non-hydrogen) atoms. The van der Waals surface area contributed by atoms with Crippen LogP contribution in [-0.2, 0) is 0 Å². The second kappa shape index (κ2) is 8.72. The summed E-state index contributed by atoms with van der Waals surface area (Å²) in [5.41, 5.74) is 0.841. The third-order valence-corrected chi connectivity index (χ3v) is 4.18. The summed E-state index contributed by atoms with van der Waals surface area (Å²) in [4.78, 5) is 1.28. The number of phenolic OH excluding ortho intramolecular Hbond substituents is 1. The van der Waals surface area contributed by atoms with Crippen molar-refractivity contribution in [2.45, 2.75) is 17.4 Å². The lowest BCUT2D eigenvalue weighted by molar-refractivity contribution is 0.167. The van der Waals surface area contributed by atoms with Crippen molar-refractivity contribution in [3.8, 4) is 5.75 Å². The molecule has 112 valence electrons. The van der Waals surface area contributed by atoms with Crippen LogP contribution < -0.4 is 5.32 Å². The van der Waals surface area contributed by atoms with Crippen molar-refractivity contribution in [2.24, 2.45) is 0 Å². The van der Waals surface area contributed by atoms with Crippen LogP contribution in [0.15, 0.2) is 59.5 Å². The van der Waals surface area contributed by atoms with Gasteiger partial charge in [-0.1, -0.05) is 30.3 Å². The third kappa shape index (κ3) is 5.79. The molecule has 0 aromatic heterocycles. The van der Waals surface area contributed by atoms with Crippen molar-refractivity contribution in [3.63, 3.8) is 0 Å². The molecule has 0 aliphatic rings. The van der Waals surface area contributed by atoms with Gasteiger partial charge in [-0.15, -0.1) is 11.8 Å². The maximum absolute atomic E-state index is 10.0. The second-order valence-corrected chi connectivity index (χ2v) is 5.98. The van der Waals surface area contributed by atoms with E-state index in [0.29, 0.717) is 6.42 Å². The summed E-state index contributed by atoms with van der Waals surface area (Å²) in [7, 11) is 0. The fraction of sp³-hybridized carbons (Fsp3) is 0.294. The summed E-state index contributed by atoms with van der Waals surface area (Å²) in [6.07, 6.45) is 0.181. The maximum atomic E-state index is 10.0. The number of hydrogen-bond donors (Lipinski definition) is 3. The average Bonchev–Trinajstić information content (AvgIpc) is 2.52. The van der Waals surface area contributed by atoms with Gasteiger partial charge in [0.15, 0.2) is 0 Å². The molecule has 4 heteroatoms. The third-order valence-electron chi connectivity index (χ3n) is 3.16. The molecule has 3 nitrogen and oxygen atoms in total. The predicted molar refractivity (Wildman–Crippen MR) is 87.7 cm³/mol. The molecule has 0 spiro atoms. The molecule has 0 heterocycles. The summed E-state index contributed by atoms with van der Waals surface area (Å²) in [6, 6.07) is 17.0. The van der Waals surface area contributed by atoms with Gasteiger partial charge in [-0.25, -0.2) is 0 Å². The number of benzene rings is 2. The normalized spacial score (nSPS) is 12.2. The Hall–Kier alpha value is -1.49. The summed E-state index contributed by atoms with van der Waals surface area (Å²) in [5.74, 6) is 1.24. The molecule has 3 N–H and O–H groups in total. The Kier molecular flexibility index (Phi) is 6.60. The molecule has 0 amide bonds. The van der Waals surface area contributed by atoms with Crippen LogP contribution in [0.1, 0.15) is 18.1 Å². The van der Waals surface area contributed by atoms with Crippen molar-refractivity contribution < 1.29 is 10.2 Å². The smallest absolute Gasteiger partial charge is 0.115 e. The van der Waals surface area contributed by atoms with Gasteiger partial charge in [0.25, 0.3) is 0 Å². The Balaban J connectivity index is 1.58. The Labute approximate surface area is 130 Å². The summed E-state index contributed by atoms with van der Waals surface area (Å²) in [6.45, 7) is 1.69. The lowest BCUT2D eigenvalue weighted by Crippen LogP contribution is -2.20. The van der Waals surface area contributed by atoms with E-state index in [0.717, 1.165) is 24.4 Å². The molecular weight excluding hydrogens is 282 g/mol. The van der Waals surface area contributed by atoms with Crippen molar-refractivity contribution in [1.82, 2.24) is 5.32 Å². The Bertz CT molecular complexity index is 516. The standard InChI is InChI=1S/C17H21NO2S/c19-15-8-6-14(7-9-15)17(20)10-11-18-12-13-21-16-4-2-1-3-5-16/h1-9,17-20H,10-13H2. The van der Waals surface area contributed by atoms with Gasteiger partial charge in [0, 0.05) is 17.2 Å². The first-order valence-corrected chi connectivity index (χ1v) is 8.10. The number of aromatic hydroxyl groups is 1. The summed E-state index contributed by atoms with van der Waals surface area (Å²) in [5, 5.41) is 22.6. The largest absolute Gasteiger partial charge is 0.508 e. The van der Waals surface area contributed by atoms with Gasteiger partial charge in [-0.3, -0.25) is 0 Å². The van der Waals surface area contributed by atoms with Gasteiger partial charge >= 0.3 is 0 Å². The summed E-state index contributed by atoms with van der Waals surface area (Å²) < 4.78 is 0. The minimum Gasteiger partial charge on any atom is -0.508 e. The molecule has 1 atom stereocenters. The van der Waals surface area contributed by atoms with Gasteiger partial charge in [0.05, 0.1) is 6.10 Å². The number of hydrogen-bond acceptors (Lipinski definition) is 4. The van der Waals surface area contributed by atoms with Gasteiger partial charge in [0.1, 0.15) is 5.75 Å². The molecule has 2 rings (SSSR count). The number of nitrogens with one attached hydrogen (secondary N) is 1. The molecule has 0 saturated heterocycles. The first kappa shape index (κ1) is 15.9. The van der Waals surface area contributed by atoms with E-state index in [1.165, 1.54) is 4.90 Å². The van der Waals surface area contributed by atoms with Crippen molar-refractivity contribution in [3.05, 3.63) is 60.2 Å². The molecular formula is C17H21NO2S. The van der Waals surface area contributed by atoms with Crippen LogP contribution in [0.5, 0.6) is 5.75 Å². The fourth-order valence-electron chi connectivity index (χ4n) is 1.98. The number of rotatable bonds is 8. The lowest BCUT2D eigenvalue weighted by atomic mass is 10.1. The van der Waals surface area contributed by atoms with E-state index in [2.05, 4.69) is 17.4 Å². The van der Waals surface area contributed by atoms with E-state index in [1.54, 1.807) is 24.3 Å². The zero-order valence-electron chi connectivity index (χ0n) is 11.9. The minimum atomic E-state index is -0.486. The van der Waals surface area contributed by atoms with E-state index in [1.807, 2.05) is 30.0 Å². The number of phenols is 1. The second-order valence-electron chi connectivity index (χ2n) is 4.81. The quantitative estimate of drug-likeness (QED) is 0.518. The Morgan fingerprint density at radius 1 is 0.952 bits per heavy atom. The monoisotopic (exact) mass is 303 g/mol. The molecule has 0 aliphatic heterocycles. The maximum Gasteiger partial charge on any atom is 0.115 e. The molecule has 0 radical (unpaired) electrons. The molecule has 0 fully saturated rings. The van der Waals surface area contributed by atoms with Crippen LogP contribution in [0.4, 0.5) is 0 Å². The average molecular weight is 303 g/mol. The topological polar surface area (TPSA) is 52.5 Å². The molecule has 0 saturated carbocycles. The van der Waals surface area contributed by atoms with Gasteiger partial charge < -0.3 is 15.5 Å². The van der Waals surface area contributed by atoms with E-state index in [-0.39, 0.29) is 5.75 Å². The van der Waals surface area contributed by atoms with E-state index >= 15 is 0 Å². The zero-order chi connectivity index (χ0) is 14.9. The predicted octanol–water partition coefficient (Wildman–Crippen LogP) is 3.20. The van der Waals surface area contributed by atoms with Crippen molar-refractivity contribution in [2.75, 3.05) is 18.8 Å². The van der Waals surface area contributed by atoms with Crippen LogP contribution in [0.25, 0.3) is 0 Å². The zero-order valence-corrected chi connectivity index (χ0v) is 12.7. The van der Waals surface area contributed by atoms with Crippen LogP contribution in [0.2, 0.25) is 0 Å². The van der Waals surface area contributed by atoms with Gasteiger partial charge in [-0.2, -0.15) is 0 Å². The number of thioether (sulfide) groups is 1. The van der Waals surface area contributed by atoms with E-state index < -0.39 is 6.10 Å². The molecule has 0 aliphatic carbocycles. The van der Waals surface area contributed by atoms with Crippen molar-refractivity contribution >= 4 is 11.8 Å². The van der Waals surface area contributed by atoms with Gasteiger partial charge in [-0.05, 0) is 42.8 Å². The fourth-order valence-corrected chi connectivity index (χ4v) is 2.82.